The Hall–Kier alpha value is -2.19. The molecule has 0 aliphatic carbocycles. The molecular weight excluding hydrogens is 409 g/mol. The molecule has 0 bridgehead atoms. The van der Waals surface area contributed by atoms with Gasteiger partial charge in [-0.05, 0) is 50.8 Å². The van der Waals surface area contributed by atoms with E-state index in [1.165, 1.54) is 35.2 Å². The Bertz CT molecular complexity index is 1110. The number of thiophene rings is 1. The highest BCUT2D eigenvalue weighted by Crippen LogP contribution is 2.36. The molecule has 3 aromatic rings. The van der Waals surface area contributed by atoms with Gasteiger partial charge in [0.15, 0.2) is 5.16 Å². The number of amides is 1. The lowest BCUT2D eigenvalue weighted by Gasteiger charge is -2.33. The molecule has 3 heterocycles. The van der Waals surface area contributed by atoms with Crippen LogP contribution in [0.15, 0.2) is 34.2 Å². The number of nitrogens with one attached hydrogen (secondary N) is 1. The Morgan fingerprint density at radius 3 is 2.83 bits per heavy atom. The average Bonchev–Trinajstić information content (AvgIpc) is 3.03. The smallest absolute Gasteiger partial charge is 0.260 e. The lowest BCUT2D eigenvalue weighted by Crippen LogP contribution is -2.43. The van der Waals surface area contributed by atoms with Gasteiger partial charge >= 0.3 is 0 Å². The van der Waals surface area contributed by atoms with Crippen molar-refractivity contribution >= 4 is 39.2 Å². The first-order chi connectivity index (χ1) is 13.9. The molecule has 152 valence electrons. The van der Waals surface area contributed by atoms with Crippen molar-refractivity contribution in [3.8, 4) is 11.1 Å². The first-order valence-electron chi connectivity index (χ1n) is 9.65. The number of benzene rings is 1. The number of piperidine rings is 1. The molecular formula is C21H22FN3O2S2. The van der Waals surface area contributed by atoms with Gasteiger partial charge in [-0.2, -0.15) is 0 Å². The molecule has 8 heteroatoms. The number of rotatable bonds is 4. The first kappa shape index (κ1) is 20.1. The predicted molar refractivity (Wildman–Crippen MR) is 116 cm³/mol. The molecule has 1 aromatic carbocycles. The monoisotopic (exact) mass is 431 g/mol. The van der Waals surface area contributed by atoms with Crippen LogP contribution in [0.4, 0.5) is 4.39 Å². The van der Waals surface area contributed by atoms with Crippen LogP contribution in [-0.2, 0) is 4.79 Å². The number of carbonyl (C=O) groups excluding carboxylic acids is 1. The van der Waals surface area contributed by atoms with E-state index in [9.17, 15) is 14.0 Å². The number of aryl methyl sites for hydroxylation is 1. The normalized spacial score (nSPS) is 17.1. The van der Waals surface area contributed by atoms with E-state index in [1.54, 1.807) is 12.1 Å². The van der Waals surface area contributed by atoms with Gasteiger partial charge in [-0.15, -0.1) is 11.3 Å². The van der Waals surface area contributed by atoms with E-state index < -0.39 is 0 Å². The topological polar surface area (TPSA) is 66.1 Å². The number of hydrogen-bond donors (Lipinski definition) is 1. The van der Waals surface area contributed by atoms with Crippen LogP contribution in [0, 0.1) is 12.7 Å². The third-order valence-corrected chi connectivity index (χ3v) is 7.16. The van der Waals surface area contributed by atoms with Crippen LogP contribution in [0.1, 0.15) is 31.1 Å². The molecule has 2 aromatic heterocycles. The summed E-state index contributed by atoms with van der Waals surface area (Å²) in [5.74, 6) is 0.0252. The minimum absolute atomic E-state index is 0.0827. The van der Waals surface area contributed by atoms with E-state index in [-0.39, 0.29) is 29.1 Å². The van der Waals surface area contributed by atoms with Gasteiger partial charge in [0, 0.05) is 23.0 Å². The van der Waals surface area contributed by atoms with Crippen molar-refractivity contribution in [2.75, 3.05) is 12.3 Å². The van der Waals surface area contributed by atoms with Gasteiger partial charge in [0.2, 0.25) is 5.91 Å². The molecule has 5 nitrogen and oxygen atoms in total. The second-order valence-electron chi connectivity index (χ2n) is 7.31. The molecule has 0 spiro atoms. The zero-order chi connectivity index (χ0) is 20.5. The number of aromatic nitrogens is 2. The molecule has 0 saturated carbocycles. The summed E-state index contributed by atoms with van der Waals surface area (Å²) in [5, 5.41) is 0.965. The van der Waals surface area contributed by atoms with Crippen LogP contribution >= 0.6 is 23.1 Å². The van der Waals surface area contributed by atoms with Crippen molar-refractivity contribution in [2.45, 2.75) is 44.3 Å². The van der Waals surface area contributed by atoms with Gasteiger partial charge < -0.3 is 9.88 Å². The number of H-pyrrole nitrogens is 1. The third kappa shape index (κ3) is 4.09. The summed E-state index contributed by atoms with van der Waals surface area (Å²) in [4.78, 5) is 36.3. The van der Waals surface area contributed by atoms with Crippen molar-refractivity contribution in [2.24, 2.45) is 0 Å². The summed E-state index contributed by atoms with van der Waals surface area (Å²) in [7, 11) is 0. The molecule has 4 rings (SSSR count). The SMILES string of the molecule is Cc1sc2nc(SCC(=O)N3CCCCC3C)[nH]c(=O)c2c1-c1ccc(F)cc1. The van der Waals surface area contributed by atoms with Gasteiger partial charge in [0.1, 0.15) is 10.6 Å². The molecule has 1 unspecified atom stereocenters. The molecule has 1 atom stereocenters. The molecule has 29 heavy (non-hydrogen) atoms. The number of fused-ring (bicyclic) bond motifs is 1. The number of likely N-dealkylation sites (tertiary alicyclic amines) is 1. The van der Waals surface area contributed by atoms with E-state index in [0.717, 1.165) is 41.8 Å². The predicted octanol–water partition coefficient (Wildman–Crippen LogP) is 4.59. The highest BCUT2D eigenvalue weighted by Gasteiger charge is 2.23. The number of hydrogen-bond acceptors (Lipinski definition) is 5. The second-order valence-corrected chi connectivity index (χ2v) is 9.48. The van der Waals surface area contributed by atoms with Crippen molar-refractivity contribution in [1.29, 1.82) is 0 Å². The minimum atomic E-state index is -0.315. The number of carbonyl (C=O) groups is 1. The number of halogens is 1. The first-order valence-corrected chi connectivity index (χ1v) is 11.5. The summed E-state index contributed by atoms with van der Waals surface area (Å²) in [6, 6.07) is 6.38. The van der Waals surface area contributed by atoms with E-state index in [0.29, 0.717) is 15.4 Å². The highest BCUT2D eigenvalue weighted by molar-refractivity contribution is 7.99. The fourth-order valence-electron chi connectivity index (χ4n) is 3.81. The summed E-state index contributed by atoms with van der Waals surface area (Å²) in [5.41, 5.74) is 1.34. The van der Waals surface area contributed by atoms with Crippen molar-refractivity contribution in [3.63, 3.8) is 0 Å². The summed E-state index contributed by atoms with van der Waals surface area (Å²) < 4.78 is 13.3. The van der Waals surface area contributed by atoms with E-state index >= 15 is 0 Å². The van der Waals surface area contributed by atoms with E-state index in [4.69, 9.17) is 0 Å². The maximum absolute atomic E-state index is 13.3. The van der Waals surface area contributed by atoms with Crippen LogP contribution in [0.25, 0.3) is 21.3 Å². The Kier molecular flexibility index (Phi) is 5.74. The summed E-state index contributed by atoms with van der Waals surface area (Å²) >= 11 is 2.70. The van der Waals surface area contributed by atoms with Crippen LogP contribution < -0.4 is 5.56 Å². The van der Waals surface area contributed by atoms with Gasteiger partial charge in [0.05, 0.1) is 11.1 Å². The fraction of sp³-hybridized carbons (Fsp3) is 0.381. The quantitative estimate of drug-likeness (QED) is 0.485. The van der Waals surface area contributed by atoms with Crippen LogP contribution in [-0.4, -0.2) is 39.1 Å². The molecule has 1 saturated heterocycles. The number of thioether (sulfide) groups is 1. The minimum Gasteiger partial charge on any atom is -0.339 e. The number of aromatic amines is 1. The standard InChI is InChI=1S/C21H22FN3O2S2/c1-12-5-3-4-10-25(12)16(26)11-28-21-23-19(27)18-17(13(2)29-20(18)24-21)14-6-8-15(22)9-7-14/h6-9,12H,3-5,10-11H2,1-2H3,(H,23,24,27). The zero-order valence-corrected chi connectivity index (χ0v) is 18.0. The summed E-state index contributed by atoms with van der Waals surface area (Å²) in [6.07, 6.45) is 3.25. The average molecular weight is 432 g/mol. The molecule has 0 radical (unpaired) electrons. The van der Waals surface area contributed by atoms with E-state index in [2.05, 4.69) is 16.9 Å². The number of nitrogens with zero attached hydrogens (tertiary/aromatic N) is 2. The van der Waals surface area contributed by atoms with Gasteiger partial charge in [-0.1, -0.05) is 23.9 Å². The Morgan fingerprint density at radius 1 is 1.34 bits per heavy atom. The molecule has 1 N–H and O–H groups in total. The molecule has 1 aliphatic heterocycles. The molecule has 1 aliphatic rings. The summed E-state index contributed by atoms with van der Waals surface area (Å²) in [6.45, 7) is 4.81. The van der Waals surface area contributed by atoms with E-state index in [1.807, 2.05) is 11.8 Å². The van der Waals surface area contributed by atoms with Gasteiger partial charge in [-0.25, -0.2) is 9.37 Å². The van der Waals surface area contributed by atoms with Crippen molar-refractivity contribution in [1.82, 2.24) is 14.9 Å². The largest absolute Gasteiger partial charge is 0.339 e. The maximum atomic E-state index is 13.3. The van der Waals surface area contributed by atoms with Crippen LogP contribution in [0.5, 0.6) is 0 Å². The zero-order valence-electron chi connectivity index (χ0n) is 16.3. The van der Waals surface area contributed by atoms with Crippen LogP contribution in [0.2, 0.25) is 0 Å². The van der Waals surface area contributed by atoms with Crippen LogP contribution in [0.3, 0.4) is 0 Å². The second kappa shape index (κ2) is 8.28. The molecule has 1 fully saturated rings. The Labute approximate surface area is 176 Å². The maximum Gasteiger partial charge on any atom is 0.260 e. The third-order valence-electron chi connectivity index (χ3n) is 5.30. The van der Waals surface area contributed by atoms with Crippen molar-refractivity contribution in [3.05, 3.63) is 45.3 Å². The Balaban J connectivity index is 1.59. The van der Waals surface area contributed by atoms with Gasteiger partial charge in [0.25, 0.3) is 5.56 Å². The Morgan fingerprint density at radius 2 is 2.10 bits per heavy atom. The van der Waals surface area contributed by atoms with Gasteiger partial charge in [-0.3, -0.25) is 9.59 Å². The highest BCUT2D eigenvalue weighted by atomic mass is 32.2. The lowest BCUT2D eigenvalue weighted by atomic mass is 10.0. The molecule has 1 amide bonds. The van der Waals surface area contributed by atoms with Crippen molar-refractivity contribution < 1.29 is 9.18 Å². The fourth-order valence-corrected chi connectivity index (χ4v) is 5.66. The lowest BCUT2D eigenvalue weighted by molar-refractivity contribution is -0.131.